The Morgan fingerprint density at radius 2 is 2.00 bits per heavy atom. The van der Waals surface area contributed by atoms with Crippen LogP contribution in [0, 0.1) is 12.3 Å². The van der Waals surface area contributed by atoms with Gasteiger partial charge in [-0.3, -0.25) is 0 Å². The van der Waals surface area contributed by atoms with Gasteiger partial charge in [0.15, 0.2) is 0 Å². The number of rotatable bonds is 5. The number of terminal acetylenes is 1. The Bertz CT molecular complexity index is 119. The van der Waals surface area contributed by atoms with Crippen LogP contribution in [0.5, 0.6) is 0 Å². The Morgan fingerprint density at radius 1 is 1.30 bits per heavy atom. The topological polar surface area (TPSA) is 0 Å². The Hall–Kier alpha value is -0.220. The van der Waals surface area contributed by atoms with Crippen LogP contribution in [0.4, 0.5) is 0 Å². The maximum atomic E-state index is 5.09. The van der Waals surface area contributed by atoms with Gasteiger partial charge >= 0.3 is 0 Å². The molecule has 1 heteroatoms. The molecule has 10 heavy (non-hydrogen) atoms. The van der Waals surface area contributed by atoms with Crippen molar-refractivity contribution >= 4 is 15.9 Å². The van der Waals surface area contributed by atoms with Crippen molar-refractivity contribution in [1.82, 2.24) is 0 Å². The van der Waals surface area contributed by atoms with Crippen molar-refractivity contribution in [3.05, 3.63) is 12.2 Å². The molecular formula is C9H13Br. The van der Waals surface area contributed by atoms with Crippen molar-refractivity contribution in [1.29, 1.82) is 0 Å². The third kappa shape index (κ3) is 7.78. The number of hydrogen-bond donors (Lipinski definition) is 0. The Kier molecular flexibility index (Phi) is 8.59. The molecule has 0 aromatic rings. The first-order valence-corrected chi connectivity index (χ1v) is 4.68. The third-order valence-electron chi connectivity index (χ3n) is 1.13. The maximum absolute atomic E-state index is 5.09. The molecule has 0 bridgehead atoms. The van der Waals surface area contributed by atoms with Crippen molar-refractivity contribution in [2.24, 2.45) is 0 Å². The van der Waals surface area contributed by atoms with Gasteiger partial charge in [-0.25, -0.2) is 0 Å². The van der Waals surface area contributed by atoms with Crippen LogP contribution in [0.3, 0.4) is 0 Å². The van der Waals surface area contributed by atoms with E-state index in [4.69, 9.17) is 6.42 Å². The van der Waals surface area contributed by atoms with Gasteiger partial charge in [-0.2, -0.15) is 0 Å². The summed E-state index contributed by atoms with van der Waals surface area (Å²) in [5.74, 6) is 2.62. The lowest BCUT2D eigenvalue weighted by molar-refractivity contribution is 0.882. The molecule has 56 valence electrons. The van der Waals surface area contributed by atoms with E-state index < -0.39 is 0 Å². The molecule has 0 aromatic heterocycles. The highest BCUT2D eigenvalue weighted by molar-refractivity contribution is 9.09. The van der Waals surface area contributed by atoms with Gasteiger partial charge in [0.1, 0.15) is 0 Å². The molecule has 0 rings (SSSR count). The number of allylic oxidation sites excluding steroid dienone is 2. The minimum absolute atomic E-state index is 0.901. The van der Waals surface area contributed by atoms with Crippen molar-refractivity contribution in [3.63, 3.8) is 0 Å². The first-order chi connectivity index (χ1) is 4.91. The average Bonchev–Trinajstić information content (AvgIpc) is 1.97. The summed E-state index contributed by atoms with van der Waals surface area (Å²) in [6, 6.07) is 0. The first kappa shape index (κ1) is 9.78. The van der Waals surface area contributed by atoms with Crippen LogP contribution >= 0.6 is 15.9 Å². The van der Waals surface area contributed by atoms with E-state index in [1.807, 2.05) is 0 Å². The fraction of sp³-hybridized carbons (Fsp3) is 0.556. The van der Waals surface area contributed by atoms with Gasteiger partial charge in [-0.15, -0.1) is 12.3 Å². The highest BCUT2D eigenvalue weighted by atomic mass is 79.9. The van der Waals surface area contributed by atoms with Crippen molar-refractivity contribution in [3.8, 4) is 12.3 Å². The highest BCUT2D eigenvalue weighted by Crippen LogP contribution is 1.97. The molecule has 0 aliphatic carbocycles. The van der Waals surface area contributed by atoms with E-state index in [9.17, 15) is 0 Å². The minimum atomic E-state index is 0.901. The zero-order valence-electron chi connectivity index (χ0n) is 6.15. The second-order valence-electron chi connectivity index (χ2n) is 2.05. The van der Waals surface area contributed by atoms with Gasteiger partial charge in [0.25, 0.3) is 0 Å². The lowest BCUT2D eigenvalue weighted by Gasteiger charge is -1.86. The molecule has 0 spiro atoms. The van der Waals surface area contributed by atoms with Crippen molar-refractivity contribution in [2.45, 2.75) is 25.7 Å². The zero-order chi connectivity index (χ0) is 7.66. The molecule has 0 nitrogen and oxygen atoms in total. The van der Waals surface area contributed by atoms with E-state index in [0.717, 1.165) is 31.0 Å². The molecule has 0 radical (unpaired) electrons. The summed E-state index contributed by atoms with van der Waals surface area (Å²) in [4.78, 5) is 0. The van der Waals surface area contributed by atoms with Crippen molar-refractivity contribution in [2.75, 3.05) is 5.33 Å². The number of unbranched alkanes of at least 4 members (excludes halogenated alkanes) is 2. The Labute approximate surface area is 71.8 Å². The largest absolute Gasteiger partial charge is 0.120 e. The summed E-state index contributed by atoms with van der Waals surface area (Å²) in [5.41, 5.74) is 0. The van der Waals surface area contributed by atoms with Gasteiger partial charge in [0.2, 0.25) is 0 Å². The quantitative estimate of drug-likeness (QED) is 0.277. The van der Waals surface area contributed by atoms with Crippen LogP contribution in [-0.4, -0.2) is 5.33 Å². The molecule has 0 saturated heterocycles. The van der Waals surface area contributed by atoms with Gasteiger partial charge in [0.05, 0.1) is 0 Å². The zero-order valence-corrected chi connectivity index (χ0v) is 7.73. The summed E-state index contributed by atoms with van der Waals surface area (Å²) in [6.07, 6.45) is 13.7. The predicted octanol–water partition coefficient (Wildman–Crippen LogP) is 3.13. The number of alkyl halides is 1. The SMILES string of the molecule is C#CCCC/C=C/CCBr. The van der Waals surface area contributed by atoms with Gasteiger partial charge in [0, 0.05) is 11.8 Å². The number of halogens is 1. The molecule has 0 N–H and O–H groups in total. The summed E-state index contributed by atoms with van der Waals surface area (Å²) in [5, 5.41) is 1.05. The fourth-order valence-corrected chi connectivity index (χ4v) is 0.885. The van der Waals surface area contributed by atoms with E-state index in [1.54, 1.807) is 0 Å². The second kappa shape index (κ2) is 8.78. The molecule has 0 unspecified atom stereocenters. The van der Waals surface area contributed by atoms with Crippen LogP contribution in [0.15, 0.2) is 12.2 Å². The summed E-state index contributed by atoms with van der Waals surface area (Å²) < 4.78 is 0. The molecule has 0 atom stereocenters. The predicted molar refractivity (Wildman–Crippen MR) is 50.2 cm³/mol. The second-order valence-corrected chi connectivity index (χ2v) is 2.84. The summed E-state index contributed by atoms with van der Waals surface area (Å²) in [7, 11) is 0. The lowest BCUT2D eigenvalue weighted by atomic mass is 10.2. The first-order valence-electron chi connectivity index (χ1n) is 3.56. The molecule has 0 heterocycles. The third-order valence-corrected chi connectivity index (χ3v) is 1.59. The van der Waals surface area contributed by atoms with Crippen LogP contribution in [-0.2, 0) is 0 Å². The van der Waals surface area contributed by atoms with Gasteiger partial charge in [-0.1, -0.05) is 28.1 Å². The van der Waals surface area contributed by atoms with Gasteiger partial charge in [-0.05, 0) is 19.3 Å². The molecule has 0 aliphatic rings. The average molecular weight is 201 g/mol. The van der Waals surface area contributed by atoms with Crippen LogP contribution in [0.2, 0.25) is 0 Å². The molecule has 0 amide bonds. The van der Waals surface area contributed by atoms with Crippen LogP contribution < -0.4 is 0 Å². The normalized spacial score (nSPS) is 10.0. The molecule has 0 fully saturated rings. The van der Waals surface area contributed by atoms with E-state index in [0.29, 0.717) is 0 Å². The smallest absolute Gasteiger partial charge is 0.00890 e. The monoisotopic (exact) mass is 200 g/mol. The van der Waals surface area contributed by atoms with Crippen LogP contribution in [0.1, 0.15) is 25.7 Å². The summed E-state index contributed by atoms with van der Waals surface area (Å²) in [6.45, 7) is 0. The van der Waals surface area contributed by atoms with E-state index in [1.165, 1.54) is 0 Å². The fourth-order valence-electron chi connectivity index (χ4n) is 0.621. The molecule has 0 aromatic carbocycles. The van der Waals surface area contributed by atoms with Gasteiger partial charge < -0.3 is 0 Å². The molecular weight excluding hydrogens is 188 g/mol. The Balaban J connectivity index is 2.96. The van der Waals surface area contributed by atoms with E-state index in [2.05, 4.69) is 34.0 Å². The molecule has 0 saturated carbocycles. The minimum Gasteiger partial charge on any atom is -0.120 e. The lowest BCUT2D eigenvalue weighted by Crippen LogP contribution is -1.70. The van der Waals surface area contributed by atoms with Crippen molar-refractivity contribution < 1.29 is 0 Å². The van der Waals surface area contributed by atoms with E-state index in [-0.39, 0.29) is 0 Å². The molecule has 0 aliphatic heterocycles. The van der Waals surface area contributed by atoms with E-state index >= 15 is 0 Å². The number of hydrogen-bond acceptors (Lipinski definition) is 0. The summed E-state index contributed by atoms with van der Waals surface area (Å²) >= 11 is 3.35. The van der Waals surface area contributed by atoms with Crippen LogP contribution in [0.25, 0.3) is 0 Å². The maximum Gasteiger partial charge on any atom is 0.00890 e. The Morgan fingerprint density at radius 3 is 2.60 bits per heavy atom. The highest BCUT2D eigenvalue weighted by Gasteiger charge is 1.78. The standard InChI is InChI=1S/C9H13Br/c1-2-3-4-5-6-7-8-9-10/h1,6-7H,3-5,8-9H2/b7-6+.